The predicted molar refractivity (Wildman–Crippen MR) is 119 cm³/mol. The number of nitro groups is 1. The molecule has 0 unspecified atom stereocenters. The van der Waals surface area contributed by atoms with E-state index in [1.807, 2.05) is 0 Å². The summed E-state index contributed by atoms with van der Waals surface area (Å²) in [6.45, 7) is 2.24. The van der Waals surface area contributed by atoms with Crippen molar-refractivity contribution in [3.05, 3.63) is 34.4 Å². The number of anilines is 1. The van der Waals surface area contributed by atoms with Gasteiger partial charge in [0.2, 0.25) is 5.91 Å². The molecule has 0 aliphatic carbocycles. The molecule has 156 valence electrons. The van der Waals surface area contributed by atoms with Crippen LogP contribution in [0.25, 0.3) is 0 Å². The first-order chi connectivity index (χ1) is 13.5. The summed E-state index contributed by atoms with van der Waals surface area (Å²) in [7, 11) is 0. The normalized spacial score (nSPS) is 10.5. The van der Waals surface area contributed by atoms with Gasteiger partial charge in [-0.05, 0) is 24.7 Å². The highest BCUT2D eigenvalue weighted by molar-refractivity contribution is 7.80. The molecule has 0 aliphatic heterocycles. The van der Waals surface area contributed by atoms with E-state index >= 15 is 0 Å². The number of para-hydroxylation sites is 2. The SMILES string of the molecule is CCCCCCCCCCCCCC(=O)NC(=S)Nc1ccccc1[N+](=O)[O-]. The lowest BCUT2D eigenvalue weighted by molar-refractivity contribution is -0.383. The van der Waals surface area contributed by atoms with Crippen LogP contribution in [0.4, 0.5) is 11.4 Å². The number of nitrogens with zero attached hydrogens (tertiary/aromatic N) is 1. The number of carbonyl (C=O) groups is 1. The number of hydrogen-bond donors (Lipinski definition) is 2. The molecule has 0 saturated heterocycles. The summed E-state index contributed by atoms with van der Waals surface area (Å²) in [5, 5.41) is 16.4. The summed E-state index contributed by atoms with van der Waals surface area (Å²) >= 11 is 5.08. The van der Waals surface area contributed by atoms with Gasteiger partial charge in [0.15, 0.2) is 5.11 Å². The number of benzene rings is 1. The summed E-state index contributed by atoms with van der Waals surface area (Å²) < 4.78 is 0. The second-order valence-electron chi connectivity index (χ2n) is 7.06. The Morgan fingerprint density at radius 2 is 1.50 bits per heavy atom. The number of nitrogens with one attached hydrogen (secondary N) is 2. The highest BCUT2D eigenvalue weighted by Gasteiger charge is 2.14. The van der Waals surface area contributed by atoms with Crippen molar-refractivity contribution in [2.75, 3.05) is 5.32 Å². The van der Waals surface area contributed by atoms with Gasteiger partial charge >= 0.3 is 0 Å². The zero-order valence-corrected chi connectivity index (χ0v) is 17.7. The van der Waals surface area contributed by atoms with Crippen LogP contribution in [0.2, 0.25) is 0 Å². The Hall–Kier alpha value is -2.02. The Morgan fingerprint density at radius 1 is 0.964 bits per heavy atom. The zero-order chi connectivity index (χ0) is 20.6. The van der Waals surface area contributed by atoms with Crippen LogP contribution in [0.15, 0.2) is 24.3 Å². The summed E-state index contributed by atoms with van der Waals surface area (Å²) in [6, 6.07) is 6.20. The van der Waals surface area contributed by atoms with Crippen LogP contribution in [0.3, 0.4) is 0 Å². The second kappa shape index (κ2) is 15.0. The Kier molecular flexibility index (Phi) is 12.8. The van der Waals surface area contributed by atoms with Gasteiger partial charge in [-0.3, -0.25) is 14.9 Å². The van der Waals surface area contributed by atoms with E-state index < -0.39 is 4.92 Å². The van der Waals surface area contributed by atoms with Gasteiger partial charge in [-0.15, -0.1) is 0 Å². The number of hydrogen-bond acceptors (Lipinski definition) is 4. The van der Waals surface area contributed by atoms with Gasteiger partial charge in [0.1, 0.15) is 5.69 Å². The molecule has 0 fully saturated rings. The van der Waals surface area contributed by atoms with Crippen LogP contribution in [-0.2, 0) is 4.79 Å². The first-order valence-electron chi connectivity index (χ1n) is 10.4. The Labute approximate surface area is 173 Å². The molecule has 0 aromatic heterocycles. The van der Waals surface area contributed by atoms with Gasteiger partial charge in [-0.2, -0.15) is 0 Å². The maximum atomic E-state index is 12.0. The predicted octanol–water partition coefficient (Wildman–Crippen LogP) is 6.11. The lowest BCUT2D eigenvalue weighted by Crippen LogP contribution is -2.34. The average molecular weight is 408 g/mol. The number of carbonyl (C=O) groups excluding carboxylic acids is 1. The molecular weight excluding hydrogens is 374 g/mol. The van der Waals surface area contributed by atoms with Crippen molar-refractivity contribution >= 4 is 34.6 Å². The van der Waals surface area contributed by atoms with Crippen LogP contribution in [0, 0.1) is 10.1 Å². The smallest absolute Gasteiger partial charge is 0.292 e. The maximum absolute atomic E-state index is 12.0. The van der Waals surface area contributed by atoms with Crippen molar-refractivity contribution in [1.82, 2.24) is 5.32 Å². The van der Waals surface area contributed by atoms with Crippen LogP contribution < -0.4 is 10.6 Å². The lowest BCUT2D eigenvalue weighted by Gasteiger charge is -2.09. The molecule has 0 bridgehead atoms. The molecule has 0 atom stereocenters. The highest BCUT2D eigenvalue weighted by Crippen LogP contribution is 2.22. The Balaban J connectivity index is 2.09. The van der Waals surface area contributed by atoms with Crippen molar-refractivity contribution in [2.24, 2.45) is 0 Å². The van der Waals surface area contributed by atoms with Crippen molar-refractivity contribution in [3.8, 4) is 0 Å². The van der Waals surface area contributed by atoms with Crippen molar-refractivity contribution in [1.29, 1.82) is 0 Å². The van der Waals surface area contributed by atoms with Gasteiger partial charge in [0.25, 0.3) is 5.69 Å². The molecule has 6 nitrogen and oxygen atoms in total. The van der Waals surface area contributed by atoms with E-state index in [1.165, 1.54) is 57.4 Å². The molecule has 1 rings (SSSR count). The fraction of sp³-hybridized carbons (Fsp3) is 0.619. The highest BCUT2D eigenvalue weighted by atomic mass is 32.1. The third kappa shape index (κ3) is 11.0. The Bertz CT molecular complexity index is 623. The molecule has 1 aromatic carbocycles. The first-order valence-corrected chi connectivity index (χ1v) is 10.8. The van der Waals surface area contributed by atoms with E-state index in [9.17, 15) is 14.9 Å². The molecule has 2 N–H and O–H groups in total. The van der Waals surface area contributed by atoms with E-state index in [0.29, 0.717) is 6.42 Å². The number of nitro benzene ring substituents is 1. The third-order valence-corrected chi connectivity index (χ3v) is 4.81. The summed E-state index contributed by atoms with van der Waals surface area (Å²) in [4.78, 5) is 22.5. The van der Waals surface area contributed by atoms with E-state index in [1.54, 1.807) is 18.2 Å². The van der Waals surface area contributed by atoms with Crippen LogP contribution in [0.5, 0.6) is 0 Å². The standard InChI is InChI=1S/C21H33N3O3S/c1-2-3-4-5-6-7-8-9-10-11-12-17-20(25)23-21(28)22-18-15-13-14-16-19(18)24(26)27/h13-16H,2-12,17H2,1H3,(H2,22,23,25,28). The van der Waals surface area contributed by atoms with Gasteiger partial charge in [0.05, 0.1) is 4.92 Å². The van der Waals surface area contributed by atoms with Crippen LogP contribution in [-0.4, -0.2) is 15.9 Å². The summed E-state index contributed by atoms with van der Waals surface area (Å²) in [5.41, 5.74) is 0.192. The average Bonchev–Trinajstić information content (AvgIpc) is 2.66. The molecule has 0 radical (unpaired) electrons. The molecule has 7 heteroatoms. The van der Waals surface area contributed by atoms with Crippen molar-refractivity contribution in [3.63, 3.8) is 0 Å². The molecule has 1 amide bonds. The molecule has 0 heterocycles. The maximum Gasteiger partial charge on any atom is 0.292 e. The summed E-state index contributed by atoms with van der Waals surface area (Å²) in [5.74, 6) is -0.160. The van der Waals surface area contributed by atoms with E-state index in [4.69, 9.17) is 12.2 Å². The van der Waals surface area contributed by atoms with Crippen molar-refractivity contribution in [2.45, 2.75) is 84.0 Å². The minimum Gasteiger partial charge on any atom is -0.327 e. The number of thiocarbonyl (C=S) groups is 1. The van der Waals surface area contributed by atoms with Gasteiger partial charge in [0, 0.05) is 12.5 Å². The van der Waals surface area contributed by atoms with E-state index in [2.05, 4.69) is 17.6 Å². The molecule has 0 saturated carbocycles. The monoisotopic (exact) mass is 407 g/mol. The van der Waals surface area contributed by atoms with Crippen LogP contribution in [0.1, 0.15) is 84.0 Å². The molecule has 0 spiro atoms. The fourth-order valence-electron chi connectivity index (χ4n) is 3.03. The van der Waals surface area contributed by atoms with Crippen LogP contribution >= 0.6 is 12.2 Å². The second-order valence-corrected chi connectivity index (χ2v) is 7.47. The lowest BCUT2D eigenvalue weighted by atomic mass is 10.1. The number of amides is 1. The van der Waals surface area contributed by atoms with E-state index in [-0.39, 0.29) is 22.4 Å². The fourth-order valence-corrected chi connectivity index (χ4v) is 3.25. The molecule has 28 heavy (non-hydrogen) atoms. The zero-order valence-electron chi connectivity index (χ0n) is 16.9. The largest absolute Gasteiger partial charge is 0.327 e. The van der Waals surface area contributed by atoms with Gasteiger partial charge < -0.3 is 10.6 Å². The number of unbranched alkanes of at least 4 members (excludes halogenated alkanes) is 10. The van der Waals surface area contributed by atoms with Gasteiger partial charge in [-0.1, -0.05) is 83.3 Å². The first kappa shape index (κ1) is 24.0. The topological polar surface area (TPSA) is 84.3 Å². The quantitative estimate of drug-likeness (QED) is 0.168. The van der Waals surface area contributed by atoms with Gasteiger partial charge in [-0.25, -0.2) is 0 Å². The molecular formula is C21H33N3O3S. The summed E-state index contributed by atoms with van der Waals surface area (Å²) in [6.07, 6.45) is 14.0. The minimum absolute atomic E-state index is 0.0792. The molecule has 1 aromatic rings. The third-order valence-electron chi connectivity index (χ3n) is 4.61. The molecule has 0 aliphatic rings. The van der Waals surface area contributed by atoms with Crippen molar-refractivity contribution < 1.29 is 9.72 Å². The number of rotatable bonds is 14. The minimum atomic E-state index is -0.488. The Morgan fingerprint density at radius 3 is 2.07 bits per heavy atom. The van der Waals surface area contributed by atoms with E-state index in [0.717, 1.165) is 19.3 Å².